The lowest BCUT2D eigenvalue weighted by Gasteiger charge is -2.12. The van der Waals surface area contributed by atoms with E-state index in [9.17, 15) is 13.2 Å². The predicted molar refractivity (Wildman–Crippen MR) is 124 cm³/mol. The fourth-order valence-corrected chi connectivity index (χ4v) is 2.80. The monoisotopic (exact) mass is 480 g/mol. The Labute approximate surface area is 191 Å². The Morgan fingerprint density at radius 3 is 2.28 bits per heavy atom. The third-order valence-electron chi connectivity index (χ3n) is 4.02. The second-order valence-electron chi connectivity index (χ2n) is 8.06. The summed E-state index contributed by atoms with van der Waals surface area (Å²) >= 11 is 6.14. The zero-order valence-electron chi connectivity index (χ0n) is 18.1. The minimum Gasteiger partial charge on any atom is -0.384 e. The molecule has 11 heteroatoms. The van der Waals surface area contributed by atoms with Crippen LogP contribution in [0.5, 0.6) is 0 Å². The van der Waals surface area contributed by atoms with Gasteiger partial charge in [0.05, 0.1) is 12.7 Å². The van der Waals surface area contributed by atoms with Crippen LogP contribution in [-0.4, -0.2) is 35.3 Å². The van der Waals surface area contributed by atoms with Crippen LogP contribution in [0, 0.1) is 0 Å². The summed E-state index contributed by atoms with van der Waals surface area (Å²) in [5, 5.41) is 7.00. The van der Waals surface area contributed by atoms with E-state index in [1.807, 2.05) is 51.1 Å². The number of nitrogens with zero attached hydrogens (tertiary/aromatic N) is 2. The summed E-state index contributed by atoms with van der Waals surface area (Å²) in [5.41, 5.74) is 8.03. The summed E-state index contributed by atoms with van der Waals surface area (Å²) in [5.74, 6) is 1.35. The Kier molecular flexibility index (Phi) is 8.00. The number of nitrogen functional groups attached to an aromatic ring is 1. The summed E-state index contributed by atoms with van der Waals surface area (Å²) in [6, 6.07) is 12.8. The van der Waals surface area contributed by atoms with Gasteiger partial charge in [-0.05, 0) is 23.3 Å². The van der Waals surface area contributed by atoms with E-state index in [0.717, 1.165) is 22.5 Å². The van der Waals surface area contributed by atoms with Gasteiger partial charge in [0.1, 0.15) is 16.7 Å². The molecule has 0 radical (unpaired) electrons. The molecule has 3 rings (SSSR count). The number of carbonyl (C=O) groups excluding carboxylic acids is 1. The first-order valence-electron chi connectivity index (χ1n) is 9.43. The number of carbonyl (C=O) groups is 1. The van der Waals surface area contributed by atoms with Crippen molar-refractivity contribution in [1.82, 2.24) is 10.1 Å². The van der Waals surface area contributed by atoms with Crippen molar-refractivity contribution in [3.8, 4) is 11.1 Å². The molecule has 0 spiro atoms. The first-order valence-corrected chi connectivity index (χ1v) is 11.7. The molecule has 0 saturated carbocycles. The van der Waals surface area contributed by atoms with Gasteiger partial charge in [0, 0.05) is 17.0 Å². The summed E-state index contributed by atoms with van der Waals surface area (Å²) in [6.45, 7) is 6.05. The Morgan fingerprint density at radius 1 is 1.19 bits per heavy atom. The lowest BCUT2D eigenvalue weighted by atomic mass is 9.93. The van der Waals surface area contributed by atoms with Crippen LogP contribution in [0.2, 0.25) is 5.15 Å². The van der Waals surface area contributed by atoms with E-state index in [1.165, 1.54) is 0 Å². The number of aromatic nitrogens is 2. The Hall–Kier alpha value is -2.95. The molecule has 0 atom stereocenters. The van der Waals surface area contributed by atoms with Crippen LogP contribution in [0.15, 0.2) is 47.0 Å². The van der Waals surface area contributed by atoms with Crippen molar-refractivity contribution in [1.29, 1.82) is 0 Å². The molecule has 1 amide bonds. The molecule has 4 N–H and O–H groups in total. The van der Waals surface area contributed by atoms with Crippen LogP contribution >= 0.6 is 11.6 Å². The number of pyridine rings is 1. The third-order valence-corrected chi connectivity index (χ3v) is 4.30. The quantitative estimate of drug-likeness (QED) is 0.375. The van der Waals surface area contributed by atoms with Gasteiger partial charge in [0.2, 0.25) is 5.91 Å². The third kappa shape index (κ3) is 8.29. The summed E-state index contributed by atoms with van der Waals surface area (Å²) in [4.78, 5) is 16.3. The van der Waals surface area contributed by atoms with E-state index in [1.54, 1.807) is 12.1 Å². The predicted octanol–water partition coefficient (Wildman–Crippen LogP) is 3.95. The number of nitrogens with one attached hydrogen (secondary N) is 1. The fraction of sp³-hybridized carbons (Fsp3) is 0.286. The average Bonchev–Trinajstić information content (AvgIpc) is 3.10. The second-order valence-corrected chi connectivity index (χ2v) is 9.88. The highest BCUT2D eigenvalue weighted by molar-refractivity contribution is 7.85. The van der Waals surface area contributed by atoms with Crippen molar-refractivity contribution in [2.75, 3.05) is 17.3 Å². The molecule has 9 nitrogen and oxygen atoms in total. The molecule has 0 unspecified atom stereocenters. The fourth-order valence-electron chi connectivity index (χ4n) is 2.53. The van der Waals surface area contributed by atoms with Gasteiger partial charge in [-0.3, -0.25) is 9.35 Å². The first-order chi connectivity index (χ1) is 14.7. The summed E-state index contributed by atoms with van der Waals surface area (Å²) < 4.78 is 31.1. The zero-order valence-corrected chi connectivity index (χ0v) is 19.7. The standard InChI is InChI=1S/C20H21ClN4O2.CH4O3S/c1-20(2,3)15-11-17(25-27-15)24-18(26)10-12-4-6-13(7-5-12)14-8-9-16(22)23-19(14)21;1-5(2,3)4/h4-9,11H,10H2,1-3H3,(H2,22,23)(H,24,25,26);1H3,(H,2,3,4). The molecule has 0 aliphatic carbocycles. The maximum absolute atomic E-state index is 12.2. The van der Waals surface area contributed by atoms with Crippen LogP contribution in [0.3, 0.4) is 0 Å². The Balaban J connectivity index is 0.000000654. The number of rotatable bonds is 4. The van der Waals surface area contributed by atoms with Crippen molar-refractivity contribution in [3.05, 3.63) is 58.9 Å². The highest BCUT2D eigenvalue weighted by atomic mass is 35.5. The van der Waals surface area contributed by atoms with Crippen molar-refractivity contribution in [3.63, 3.8) is 0 Å². The van der Waals surface area contributed by atoms with Crippen molar-refractivity contribution in [2.24, 2.45) is 0 Å². The van der Waals surface area contributed by atoms with Gasteiger partial charge in [-0.25, -0.2) is 4.98 Å². The molecular formula is C21H25ClN4O5S. The maximum Gasteiger partial charge on any atom is 0.261 e. The van der Waals surface area contributed by atoms with E-state index in [0.29, 0.717) is 23.0 Å². The molecule has 1 aromatic carbocycles. The normalized spacial score (nSPS) is 11.4. The highest BCUT2D eigenvalue weighted by Gasteiger charge is 2.20. The molecule has 3 aromatic rings. The van der Waals surface area contributed by atoms with Crippen molar-refractivity contribution in [2.45, 2.75) is 32.6 Å². The molecule has 0 saturated heterocycles. The van der Waals surface area contributed by atoms with Crippen LogP contribution in [0.25, 0.3) is 11.1 Å². The van der Waals surface area contributed by atoms with Gasteiger partial charge in [-0.1, -0.05) is 61.8 Å². The minimum absolute atomic E-state index is 0.163. The zero-order chi connectivity index (χ0) is 24.1. The van der Waals surface area contributed by atoms with Gasteiger partial charge in [-0.15, -0.1) is 0 Å². The van der Waals surface area contributed by atoms with Gasteiger partial charge < -0.3 is 15.6 Å². The summed E-state index contributed by atoms with van der Waals surface area (Å²) in [6.07, 6.45) is 0.943. The number of benzene rings is 1. The number of nitrogens with two attached hydrogens (primary N) is 1. The number of hydrogen-bond acceptors (Lipinski definition) is 7. The average molecular weight is 481 g/mol. The lowest BCUT2D eigenvalue weighted by Crippen LogP contribution is -2.14. The van der Waals surface area contributed by atoms with Gasteiger partial charge in [0.25, 0.3) is 10.1 Å². The molecule has 172 valence electrons. The molecule has 0 bridgehead atoms. The molecule has 32 heavy (non-hydrogen) atoms. The first kappa shape index (κ1) is 25.3. The van der Waals surface area contributed by atoms with Crippen LogP contribution in [0.1, 0.15) is 32.1 Å². The molecule has 2 aromatic heterocycles. The van der Waals surface area contributed by atoms with E-state index < -0.39 is 10.1 Å². The van der Waals surface area contributed by atoms with E-state index in [-0.39, 0.29) is 17.7 Å². The van der Waals surface area contributed by atoms with E-state index in [2.05, 4.69) is 15.5 Å². The number of anilines is 2. The summed E-state index contributed by atoms with van der Waals surface area (Å²) in [7, 11) is -3.67. The SMILES string of the molecule is CC(C)(C)c1cc(NC(=O)Cc2ccc(-c3ccc(N)nc3Cl)cc2)no1.CS(=O)(=O)O. The molecular weight excluding hydrogens is 456 g/mol. The number of amides is 1. The molecule has 0 aliphatic heterocycles. The Morgan fingerprint density at radius 2 is 1.78 bits per heavy atom. The second kappa shape index (κ2) is 10.1. The molecule has 2 heterocycles. The van der Waals surface area contributed by atoms with E-state index >= 15 is 0 Å². The minimum atomic E-state index is -3.67. The number of halogens is 1. The van der Waals surface area contributed by atoms with Gasteiger partial charge in [0.15, 0.2) is 5.82 Å². The van der Waals surface area contributed by atoms with E-state index in [4.69, 9.17) is 26.4 Å². The van der Waals surface area contributed by atoms with Crippen molar-refractivity contribution >= 4 is 39.3 Å². The lowest BCUT2D eigenvalue weighted by molar-refractivity contribution is -0.115. The largest absolute Gasteiger partial charge is 0.384 e. The number of hydrogen-bond donors (Lipinski definition) is 3. The molecule has 0 fully saturated rings. The van der Waals surface area contributed by atoms with Crippen molar-refractivity contribution < 1.29 is 22.3 Å². The smallest absolute Gasteiger partial charge is 0.261 e. The van der Waals surface area contributed by atoms with Crippen LogP contribution in [0.4, 0.5) is 11.6 Å². The highest BCUT2D eigenvalue weighted by Crippen LogP contribution is 2.27. The maximum atomic E-state index is 12.2. The van der Waals surface area contributed by atoms with Crippen LogP contribution < -0.4 is 11.1 Å². The van der Waals surface area contributed by atoms with Gasteiger partial charge >= 0.3 is 0 Å². The van der Waals surface area contributed by atoms with Crippen LogP contribution in [-0.2, 0) is 26.7 Å². The topological polar surface area (TPSA) is 148 Å². The van der Waals surface area contributed by atoms with Gasteiger partial charge in [-0.2, -0.15) is 8.42 Å². The molecule has 0 aliphatic rings. The Bertz CT molecular complexity index is 1180.